The Morgan fingerprint density at radius 3 is 3.29 bits per heavy atom. The molecule has 1 aliphatic heterocycles. The van der Waals surface area contributed by atoms with Crippen LogP contribution in [0.1, 0.15) is 6.92 Å². The average Bonchev–Trinajstić information content (AvgIpc) is 2.76. The van der Waals surface area contributed by atoms with Gasteiger partial charge >= 0.3 is 0 Å². The summed E-state index contributed by atoms with van der Waals surface area (Å²) in [6.45, 7) is 4.35. The van der Waals surface area contributed by atoms with Crippen molar-refractivity contribution >= 4 is 28.5 Å². The van der Waals surface area contributed by atoms with E-state index in [4.69, 9.17) is 16.3 Å². The molecule has 0 bridgehead atoms. The Morgan fingerprint density at radius 1 is 1.59 bits per heavy atom. The Hall–Kier alpha value is -1.33. The van der Waals surface area contributed by atoms with Gasteiger partial charge in [-0.3, -0.25) is 0 Å². The van der Waals surface area contributed by atoms with E-state index in [-0.39, 0.29) is 6.04 Å². The van der Waals surface area contributed by atoms with Gasteiger partial charge < -0.3 is 14.6 Å². The van der Waals surface area contributed by atoms with Crippen LogP contribution in [-0.4, -0.2) is 40.8 Å². The number of H-pyrrole nitrogens is 1. The highest BCUT2D eigenvalue weighted by atomic mass is 35.5. The first-order chi connectivity index (χ1) is 8.25. The smallest absolute Gasteiger partial charge is 0.158 e. The predicted molar refractivity (Wildman–Crippen MR) is 66.5 cm³/mol. The topological polar surface area (TPSA) is 54.0 Å². The van der Waals surface area contributed by atoms with Crippen molar-refractivity contribution in [2.75, 3.05) is 24.7 Å². The highest BCUT2D eigenvalue weighted by Gasteiger charge is 2.23. The molecule has 0 radical (unpaired) electrons. The maximum absolute atomic E-state index is 6.03. The lowest BCUT2D eigenvalue weighted by Gasteiger charge is -2.34. The standard InChI is InChI=1S/C11H13ClN4O/c1-7-5-17-3-2-16(7)11-10-8(13-6-14-10)4-9(12)15-11/h4,6-7H,2-3,5H2,1H3,(H,13,14). The predicted octanol–water partition coefficient (Wildman–Crippen LogP) is 1.84. The number of halogens is 1. The second-order valence-electron chi connectivity index (χ2n) is 4.18. The fourth-order valence-electron chi connectivity index (χ4n) is 2.14. The molecule has 1 saturated heterocycles. The zero-order chi connectivity index (χ0) is 11.8. The van der Waals surface area contributed by atoms with Crippen LogP contribution in [0.2, 0.25) is 5.15 Å². The summed E-state index contributed by atoms with van der Waals surface area (Å²) in [5, 5.41) is 0.482. The molecular weight excluding hydrogens is 240 g/mol. The number of imidazole rings is 1. The highest BCUT2D eigenvalue weighted by molar-refractivity contribution is 6.30. The molecule has 2 aromatic heterocycles. The van der Waals surface area contributed by atoms with E-state index in [1.54, 1.807) is 12.4 Å². The number of hydrogen-bond acceptors (Lipinski definition) is 4. The van der Waals surface area contributed by atoms with E-state index in [1.807, 2.05) is 0 Å². The van der Waals surface area contributed by atoms with Crippen LogP contribution in [-0.2, 0) is 4.74 Å². The lowest BCUT2D eigenvalue weighted by atomic mass is 10.2. The quantitative estimate of drug-likeness (QED) is 0.787. The summed E-state index contributed by atoms with van der Waals surface area (Å²) in [7, 11) is 0. The van der Waals surface area contributed by atoms with Gasteiger partial charge in [-0.1, -0.05) is 11.6 Å². The molecule has 0 aromatic carbocycles. The zero-order valence-corrected chi connectivity index (χ0v) is 10.2. The number of nitrogens with zero attached hydrogens (tertiary/aromatic N) is 3. The summed E-state index contributed by atoms with van der Waals surface area (Å²) in [6, 6.07) is 2.08. The molecule has 1 atom stereocenters. The van der Waals surface area contributed by atoms with Crippen molar-refractivity contribution in [1.29, 1.82) is 0 Å². The molecule has 0 spiro atoms. The van der Waals surface area contributed by atoms with Crippen molar-refractivity contribution in [1.82, 2.24) is 15.0 Å². The second-order valence-corrected chi connectivity index (χ2v) is 4.57. The van der Waals surface area contributed by atoms with Gasteiger partial charge in [-0.05, 0) is 6.92 Å². The summed E-state index contributed by atoms with van der Waals surface area (Å²) in [5.74, 6) is 0.838. The van der Waals surface area contributed by atoms with E-state index in [1.165, 1.54) is 0 Å². The first kappa shape index (κ1) is 10.8. The number of nitrogens with one attached hydrogen (secondary N) is 1. The van der Waals surface area contributed by atoms with Crippen molar-refractivity contribution in [3.05, 3.63) is 17.5 Å². The minimum Gasteiger partial charge on any atom is -0.377 e. The molecule has 3 heterocycles. The van der Waals surface area contributed by atoms with Crippen LogP contribution in [0, 0.1) is 0 Å². The maximum Gasteiger partial charge on any atom is 0.158 e. The van der Waals surface area contributed by atoms with Gasteiger partial charge in [0.2, 0.25) is 0 Å². The highest BCUT2D eigenvalue weighted by Crippen LogP contribution is 2.27. The SMILES string of the molecule is CC1COCCN1c1nc(Cl)cc2[nH]cnc12. The summed E-state index contributed by atoms with van der Waals surface area (Å²) in [4.78, 5) is 14.0. The van der Waals surface area contributed by atoms with Crippen molar-refractivity contribution < 1.29 is 4.74 Å². The van der Waals surface area contributed by atoms with Crippen LogP contribution in [0.4, 0.5) is 5.82 Å². The third kappa shape index (κ3) is 1.85. The van der Waals surface area contributed by atoms with Crippen LogP contribution in [0.3, 0.4) is 0 Å². The number of rotatable bonds is 1. The molecule has 90 valence electrons. The van der Waals surface area contributed by atoms with Gasteiger partial charge in [0.25, 0.3) is 0 Å². The molecular formula is C11H13ClN4O. The van der Waals surface area contributed by atoms with E-state index < -0.39 is 0 Å². The summed E-state index contributed by atoms with van der Waals surface area (Å²) >= 11 is 6.03. The average molecular weight is 253 g/mol. The monoisotopic (exact) mass is 252 g/mol. The Kier molecular flexibility index (Phi) is 2.64. The first-order valence-electron chi connectivity index (χ1n) is 5.60. The van der Waals surface area contributed by atoms with Gasteiger partial charge in [-0.25, -0.2) is 9.97 Å². The normalized spacial score (nSPS) is 21.1. The number of anilines is 1. The summed E-state index contributed by atoms with van der Waals surface area (Å²) < 4.78 is 5.43. The Bertz CT molecular complexity index is 541. The molecule has 3 rings (SSSR count). The van der Waals surface area contributed by atoms with Crippen LogP contribution < -0.4 is 4.90 Å². The van der Waals surface area contributed by atoms with Crippen molar-refractivity contribution in [3.8, 4) is 0 Å². The van der Waals surface area contributed by atoms with E-state index in [2.05, 4.69) is 26.8 Å². The third-order valence-electron chi connectivity index (χ3n) is 3.00. The lowest BCUT2D eigenvalue weighted by Crippen LogP contribution is -2.44. The van der Waals surface area contributed by atoms with Crippen LogP contribution in [0.15, 0.2) is 12.4 Å². The molecule has 6 heteroatoms. The number of ether oxygens (including phenoxy) is 1. The number of hydrogen-bond donors (Lipinski definition) is 1. The first-order valence-corrected chi connectivity index (χ1v) is 5.97. The van der Waals surface area contributed by atoms with Crippen molar-refractivity contribution in [2.24, 2.45) is 0 Å². The lowest BCUT2D eigenvalue weighted by molar-refractivity contribution is 0.0987. The minimum absolute atomic E-state index is 0.287. The molecule has 0 amide bonds. The maximum atomic E-state index is 6.03. The van der Waals surface area contributed by atoms with Crippen LogP contribution in [0.5, 0.6) is 0 Å². The fraction of sp³-hybridized carbons (Fsp3) is 0.455. The van der Waals surface area contributed by atoms with Crippen LogP contribution in [0.25, 0.3) is 11.0 Å². The van der Waals surface area contributed by atoms with Crippen LogP contribution >= 0.6 is 11.6 Å². The van der Waals surface area contributed by atoms with E-state index in [0.29, 0.717) is 18.4 Å². The minimum atomic E-state index is 0.287. The van der Waals surface area contributed by atoms with E-state index >= 15 is 0 Å². The summed E-state index contributed by atoms with van der Waals surface area (Å²) in [5.41, 5.74) is 1.78. The number of aromatic amines is 1. The van der Waals surface area contributed by atoms with Gasteiger partial charge in [-0.2, -0.15) is 0 Å². The Morgan fingerprint density at radius 2 is 2.47 bits per heavy atom. The molecule has 1 unspecified atom stereocenters. The Balaban J connectivity index is 2.11. The molecule has 17 heavy (non-hydrogen) atoms. The molecule has 0 saturated carbocycles. The molecule has 5 nitrogen and oxygen atoms in total. The Labute approximate surface area is 104 Å². The zero-order valence-electron chi connectivity index (χ0n) is 9.48. The number of morpholine rings is 1. The molecule has 1 aliphatic rings. The van der Waals surface area contributed by atoms with Crippen molar-refractivity contribution in [2.45, 2.75) is 13.0 Å². The van der Waals surface area contributed by atoms with Crippen molar-refractivity contribution in [3.63, 3.8) is 0 Å². The van der Waals surface area contributed by atoms with E-state index in [9.17, 15) is 0 Å². The molecule has 1 N–H and O–H groups in total. The third-order valence-corrected chi connectivity index (χ3v) is 3.19. The van der Waals surface area contributed by atoms with Gasteiger partial charge in [0.15, 0.2) is 5.82 Å². The van der Waals surface area contributed by atoms with Gasteiger partial charge in [0, 0.05) is 12.6 Å². The molecule has 2 aromatic rings. The van der Waals surface area contributed by atoms with Gasteiger partial charge in [0.05, 0.1) is 31.1 Å². The van der Waals surface area contributed by atoms with Gasteiger partial charge in [-0.15, -0.1) is 0 Å². The number of aromatic nitrogens is 3. The molecule has 1 fully saturated rings. The molecule has 0 aliphatic carbocycles. The largest absolute Gasteiger partial charge is 0.377 e. The second kappa shape index (κ2) is 4.16. The van der Waals surface area contributed by atoms with Gasteiger partial charge in [0.1, 0.15) is 10.7 Å². The number of pyridine rings is 1. The van der Waals surface area contributed by atoms with E-state index in [0.717, 1.165) is 23.4 Å². The fourth-order valence-corrected chi connectivity index (χ4v) is 2.33. The summed E-state index contributed by atoms with van der Waals surface area (Å²) in [6.07, 6.45) is 1.66. The number of fused-ring (bicyclic) bond motifs is 1.